The van der Waals surface area contributed by atoms with Crippen molar-refractivity contribution in [2.24, 2.45) is 11.7 Å². The molecular formula is C14H18N4O3. The van der Waals surface area contributed by atoms with E-state index < -0.39 is 4.92 Å². The third-order valence-corrected chi connectivity index (χ3v) is 4.14. The molecule has 0 amide bonds. The van der Waals surface area contributed by atoms with Gasteiger partial charge in [0.15, 0.2) is 11.1 Å². The molecule has 3 rings (SSSR count). The topological polar surface area (TPSA) is 98.4 Å². The van der Waals surface area contributed by atoms with Gasteiger partial charge in [0.1, 0.15) is 0 Å². The normalized spacial score (nSPS) is 22.7. The van der Waals surface area contributed by atoms with Crippen molar-refractivity contribution in [3.8, 4) is 0 Å². The molecule has 112 valence electrons. The molecule has 0 bridgehead atoms. The zero-order valence-corrected chi connectivity index (χ0v) is 11.9. The summed E-state index contributed by atoms with van der Waals surface area (Å²) in [5, 5.41) is 11.1. The molecule has 0 aliphatic carbocycles. The molecule has 1 saturated heterocycles. The first kappa shape index (κ1) is 13.8. The van der Waals surface area contributed by atoms with Crippen molar-refractivity contribution in [1.29, 1.82) is 0 Å². The Balaban J connectivity index is 2.00. The number of rotatable bonds is 3. The van der Waals surface area contributed by atoms with Crippen molar-refractivity contribution in [3.63, 3.8) is 0 Å². The molecule has 1 aliphatic heterocycles. The standard InChI is InChI=1S/C14H18N4O3/c1-9-5-6-10(7-15)8-17(9)14-16-13-11(18(19)20)3-2-4-12(13)21-14/h2-4,9-10H,5-8,15H2,1H3. The molecule has 7 heteroatoms. The number of hydrogen-bond donors (Lipinski definition) is 1. The van der Waals surface area contributed by atoms with Crippen LogP contribution in [0.4, 0.5) is 11.7 Å². The number of nitrogens with two attached hydrogens (primary N) is 1. The van der Waals surface area contributed by atoms with Gasteiger partial charge in [-0.2, -0.15) is 4.98 Å². The lowest BCUT2D eigenvalue weighted by molar-refractivity contribution is -0.383. The fourth-order valence-electron chi connectivity index (χ4n) is 2.83. The maximum Gasteiger partial charge on any atom is 0.298 e. The Labute approximate surface area is 121 Å². The monoisotopic (exact) mass is 290 g/mol. The van der Waals surface area contributed by atoms with Gasteiger partial charge in [0.2, 0.25) is 0 Å². The molecular weight excluding hydrogens is 272 g/mol. The number of non-ortho nitro benzene ring substituents is 1. The smallest absolute Gasteiger partial charge is 0.298 e. The van der Waals surface area contributed by atoms with Gasteiger partial charge < -0.3 is 15.1 Å². The molecule has 1 aromatic heterocycles. The molecule has 2 heterocycles. The molecule has 2 unspecified atom stereocenters. The number of fused-ring (bicyclic) bond motifs is 1. The van der Waals surface area contributed by atoms with Crippen molar-refractivity contribution in [3.05, 3.63) is 28.3 Å². The molecule has 1 aliphatic rings. The van der Waals surface area contributed by atoms with Crippen LogP contribution in [0.25, 0.3) is 11.1 Å². The lowest BCUT2D eigenvalue weighted by Crippen LogP contribution is -2.44. The van der Waals surface area contributed by atoms with Crippen LogP contribution in [0.15, 0.2) is 22.6 Å². The minimum atomic E-state index is -0.434. The molecule has 0 saturated carbocycles. The molecule has 1 fully saturated rings. The summed E-state index contributed by atoms with van der Waals surface area (Å²) in [4.78, 5) is 17.0. The van der Waals surface area contributed by atoms with Crippen LogP contribution >= 0.6 is 0 Å². The predicted molar refractivity (Wildman–Crippen MR) is 79.2 cm³/mol. The summed E-state index contributed by atoms with van der Waals surface area (Å²) in [5.41, 5.74) is 6.49. The second-order valence-corrected chi connectivity index (χ2v) is 5.56. The highest BCUT2D eigenvalue weighted by molar-refractivity contribution is 5.84. The number of para-hydroxylation sites is 1. The largest absolute Gasteiger partial charge is 0.423 e. The summed E-state index contributed by atoms with van der Waals surface area (Å²) in [7, 11) is 0. The fraction of sp³-hybridized carbons (Fsp3) is 0.500. The van der Waals surface area contributed by atoms with Crippen LogP contribution < -0.4 is 10.6 Å². The summed E-state index contributed by atoms with van der Waals surface area (Å²) < 4.78 is 5.73. The summed E-state index contributed by atoms with van der Waals surface area (Å²) >= 11 is 0. The Morgan fingerprint density at radius 3 is 3.05 bits per heavy atom. The summed E-state index contributed by atoms with van der Waals surface area (Å²) in [6.45, 7) is 3.51. The SMILES string of the molecule is CC1CCC(CN)CN1c1nc2c([N+](=O)[O-])cccc2o1. The van der Waals surface area contributed by atoms with E-state index in [0.717, 1.165) is 19.4 Å². The van der Waals surface area contributed by atoms with Crippen molar-refractivity contribution in [1.82, 2.24) is 4.98 Å². The molecule has 1 aromatic carbocycles. The number of aromatic nitrogens is 1. The Kier molecular flexibility index (Phi) is 3.50. The molecule has 2 N–H and O–H groups in total. The van der Waals surface area contributed by atoms with Gasteiger partial charge in [0, 0.05) is 18.7 Å². The molecule has 21 heavy (non-hydrogen) atoms. The number of benzene rings is 1. The number of piperidine rings is 1. The first-order valence-corrected chi connectivity index (χ1v) is 7.10. The quantitative estimate of drug-likeness (QED) is 0.688. The number of anilines is 1. The van der Waals surface area contributed by atoms with E-state index in [1.165, 1.54) is 6.07 Å². The van der Waals surface area contributed by atoms with E-state index in [0.29, 0.717) is 35.6 Å². The van der Waals surface area contributed by atoms with Crippen molar-refractivity contribution in [2.75, 3.05) is 18.0 Å². The number of hydrogen-bond acceptors (Lipinski definition) is 6. The van der Waals surface area contributed by atoms with Crippen LogP contribution in [0, 0.1) is 16.0 Å². The molecule has 2 aromatic rings. The fourth-order valence-corrected chi connectivity index (χ4v) is 2.83. The second-order valence-electron chi connectivity index (χ2n) is 5.56. The van der Waals surface area contributed by atoms with Gasteiger partial charge in [-0.05, 0) is 38.3 Å². The van der Waals surface area contributed by atoms with E-state index in [4.69, 9.17) is 10.2 Å². The van der Waals surface area contributed by atoms with E-state index in [1.807, 2.05) is 0 Å². The Hall–Kier alpha value is -2.15. The Morgan fingerprint density at radius 2 is 2.33 bits per heavy atom. The van der Waals surface area contributed by atoms with Crippen LogP contribution in [-0.2, 0) is 0 Å². The van der Waals surface area contributed by atoms with Gasteiger partial charge in [-0.25, -0.2) is 0 Å². The van der Waals surface area contributed by atoms with Gasteiger partial charge in [-0.1, -0.05) is 6.07 Å². The van der Waals surface area contributed by atoms with Crippen LogP contribution in [0.3, 0.4) is 0 Å². The third kappa shape index (κ3) is 2.44. The van der Waals surface area contributed by atoms with Crippen LogP contribution in [0.2, 0.25) is 0 Å². The van der Waals surface area contributed by atoms with Crippen LogP contribution in [-0.4, -0.2) is 29.0 Å². The highest BCUT2D eigenvalue weighted by Crippen LogP contribution is 2.32. The average Bonchev–Trinajstić information content (AvgIpc) is 2.91. The number of nitro groups is 1. The number of nitrogens with zero attached hydrogens (tertiary/aromatic N) is 3. The summed E-state index contributed by atoms with van der Waals surface area (Å²) in [6, 6.07) is 5.49. The maximum atomic E-state index is 11.1. The highest BCUT2D eigenvalue weighted by atomic mass is 16.6. The first-order chi connectivity index (χ1) is 10.1. The molecule has 2 atom stereocenters. The summed E-state index contributed by atoms with van der Waals surface area (Å²) in [6.07, 6.45) is 2.11. The lowest BCUT2D eigenvalue weighted by atomic mass is 9.94. The van der Waals surface area contributed by atoms with E-state index in [9.17, 15) is 10.1 Å². The molecule has 0 radical (unpaired) electrons. The van der Waals surface area contributed by atoms with Gasteiger partial charge >= 0.3 is 0 Å². The molecule has 0 spiro atoms. The van der Waals surface area contributed by atoms with Crippen molar-refractivity contribution in [2.45, 2.75) is 25.8 Å². The van der Waals surface area contributed by atoms with Crippen molar-refractivity contribution >= 4 is 22.8 Å². The maximum absolute atomic E-state index is 11.1. The molecule has 7 nitrogen and oxygen atoms in total. The number of nitro benzene ring substituents is 1. The van der Waals surface area contributed by atoms with Crippen molar-refractivity contribution < 1.29 is 9.34 Å². The van der Waals surface area contributed by atoms with Crippen LogP contribution in [0.1, 0.15) is 19.8 Å². The minimum absolute atomic E-state index is 0.0254. The van der Waals surface area contributed by atoms with Crippen LogP contribution in [0.5, 0.6) is 0 Å². The minimum Gasteiger partial charge on any atom is -0.423 e. The first-order valence-electron chi connectivity index (χ1n) is 7.10. The highest BCUT2D eigenvalue weighted by Gasteiger charge is 2.29. The number of oxazole rings is 1. The Bertz CT molecular complexity index is 669. The van der Waals surface area contributed by atoms with E-state index in [2.05, 4.69) is 16.8 Å². The van der Waals surface area contributed by atoms with E-state index in [1.54, 1.807) is 12.1 Å². The zero-order chi connectivity index (χ0) is 15.0. The third-order valence-electron chi connectivity index (χ3n) is 4.14. The zero-order valence-electron chi connectivity index (χ0n) is 11.9. The van der Waals surface area contributed by atoms with Gasteiger partial charge in [-0.3, -0.25) is 10.1 Å². The average molecular weight is 290 g/mol. The van der Waals surface area contributed by atoms with E-state index in [-0.39, 0.29) is 5.69 Å². The van der Waals surface area contributed by atoms with E-state index >= 15 is 0 Å². The van der Waals surface area contributed by atoms with Gasteiger partial charge in [0.25, 0.3) is 11.7 Å². The Morgan fingerprint density at radius 1 is 1.52 bits per heavy atom. The predicted octanol–water partition coefficient (Wildman–Crippen LogP) is 2.30. The second kappa shape index (κ2) is 5.33. The van der Waals surface area contributed by atoms with Gasteiger partial charge in [-0.15, -0.1) is 0 Å². The van der Waals surface area contributed by atoms with Gasteiger partial charge in [0.05, 0.1) is 4.92 Å². The summed E-state index contributed by atoms with van der Waals surface area (Å²) in [5.74, 6) is 0.409. The lowest BCUT2D eigenvalue weighted by Gasteiger charge is -2.36.